The predicted molar refractivity (Wildman–Crippen MR) is 96.8 cm³/mol. The third-order valence-electron chi connectivity index (χ3n) is 2.79. The van der Waals surface area contributed by atoms with E-state index in [2.05, 4.69) is 52.2 Å². The molecule has 6 heteroatoms. The largest absolute Gasteiger partial charge is 0.321 e. The van der Waals surface area contributed by atoms with E-state index in [1.807, 2.05) is 13.8 Å². The maximum Gasteiger partial charge on any atom is 0.282 e. The Bertz CT molecular complexity index is 491. The molecule has 0 bridgehead atoms. The molecular formula is C15H23BrNO2PS. The minimum absolute atomic E-state index is 0.465. The molecule has 1 aromatic rings. The molecule has 0 aliphatic rings. The van der Waals surface area contributed by atoms with Crippen LogP contribution in [0.25, 0.3) is 0 Å². The van der Waals surface area contributed by atoms with Gasteiger partial charge in [-0.3, -0.25) is 4.57 Å². The first-order chi connectivity index (χ1) is 10.1. The van der Waals surface area contributed by atoms with Crippen molar-refractivity contribution in [1.29, 1.82) is 0 Å². The number of allylic oxidation sites excluding steroid dienone is 2. The molecule has 1 aromatic carbocycles. The fourth-order valence-electron chi connectivity index (χ4n) is 1.74. The number of hydrogen-bond acceptors (Lipinski definition) is 3. The zero-order valence-electron chi connectivity index (χ0n) is 12.7. The van der Waals surface area contributed by atoms with Gasteiger partial charge in [-0.1, -0.05) is 41.4 Å². The Morgan fingerprint density at radius 1 is 1.33 bits per heavy atom. The molecule has 0 heterocycles. The van der Waals surface area contributed by atoms with Crippen molar-refractivity contribution in [3.63, 3.8) is 0 Å². The van der Waals surface area contributed by atoms with Gasteiger partial charge in [-0.25, -0.2) is 0 Å². The molecule has 1 rings (SSSR count). The lowest BCUT2D eigenvalue weighted by Crippen LogP contribution is -2.04. The van der Waals surface area contributed by atoms with Gasteiger partial charge in [0.25, 0.3) is 8.18 Å². The van der Waals surface area contributed by atoms with E-state index in [1.165, 1.54) is 10.5 Å². The molecule has 3 nitrogen and oxygen atoms in total. The lowest BCUT2D eigenvalue weighted by molar-refractivity contribution is 0.345. The van der Waals surface area contributed by atoms with Crippen LogP contribution in [-0.2, 0) is 14.8 Å². The highest BCUT2D eigenvalue weighted by Crippen LogP contribution is 2.30. The standard InChI is InChI=1S/C15H23BrNO2PS/c1-4-6-15(12(3)17-20(18)19-5-2)21-11-13-7-9-14(16)10-8-13/h7-10,20H,4-6,11H2,1-3H3,(H,17,18)/b15-12+. The molecule has 118 valence electrons. The minimum Gasteiger partial charge on any atom is -0.321 e. The highest BCUT2D eigenvalue weighted by atomic mass is 79.9. The Balaban J connectivity index is 2.67. The number of rotatable bonds is 9. The molecule has 0 radical (unpaired) electrons. The van der Waals surface area contributed by atoms with Crippen LogP contribution in [0.4, 0.5) is 0 Å². The summed E-state index contributed by atoms with van der Waals surface area (Å²) in [6.45, 7) is 6.44. The lowest BCUT2D eigenvalue weighted by Gasteiger charge is -2.13. The van der Waals surface area contributed by atoms with Gasteiger partial charge in [-0.2, -0.15) is 0 Å². The third-order valence-corrected chi connectivity index (χ3v) is 5.78. The summed E-state index contributed by atoms with van der Waals surface area (Å²) >= 11 is 5.24. The van der Waals surface area contributed by atoms with E-state index in [0.717, 1.165) is 28.8 Å². The second-order valence-electron chi connectivity index (χ2n) is 4.56. The van der Waals surface area contributed by atoms with Crippen LogP contribution < -0.4 is 5.09 Å². The van der Waals surface area contributed by atoms with Crippen molar-refractivity contribution >= 4 is 35.9 Å². The Morgan fingerprint density at radius 2 is 2.00 bits per heavy atom. The molecule has 0 saturated heterocycles. The SMILES string of the molecule is CCC/C(SCc1ccc(Br)cc1)=C(/C)N[PH](=O)OCC. The van der Waals surface area contributed by atoms with Crippen LogP contribution >= 0.6 is 35.9 Å². The van der Waals surface area contributed by atoms with Gasteiger partial charge in [0.05, 0.1) is 6.61 Å². The van der Waals surface area contributed by atoms with Crippen molar-refractivity contribution in [3.8, 4) is 0 Å². The summed E-state index contributed by atoms with van der Waals surface area (Å²) in [5.74, 6) is 0.914. The van der Waals surface area contributed by atoms with Crippen LogP contribution in [0.5, 0.6) is 0 Å². The van der Waals surface area contributed by atoms with Crippen molar-refractivity contribution in [1.82, 2.24) is 5.09 Å². The summed E-state index contributed by atoms with van der Waals surface area (Å²) in [6.07, 6.45) is 2.05. The third kappa shape index (κ3) is 7.55. The summed E-state index contributed by atoms with van der Waals surface area (Å²) in [5.41, 5.74) is 2.25. The number of nitrogens with one attached hydrogen (secondary N) is 1. The minimum atomic E-state index is -2.17. The van der Waals surface area contributed by atoms with Crippen molar-refractivity contribution in [2.24, 2.45) is 0 Å². The van der Waals surface area contributed by atoms with E-state index >= 15 is 0 Å². The average Bonchev–Trinajstić information content (AvgIpc) is 2.45. The van der Waals surface area contributed by atoms with E-state index in [9.17, 15) is 4.57 Å². The molecule has 0 aliphatic carbocycles. The van der Waals surface area contributed by atoms with Crippen LogP contribution in [0.1, 0.15) is 39.2 Å². The molecule has 0 aliphatic heterocycles. The van der Waals surface area contributed by atoms with E-state index in [0.29, 0.717) is 6.61 Å². The Kier molecular flexibility index (Phi) is 9.41. The smallest absolute Gasteiger partial charge is 0.282 e. The highest BCUT2D eigenvalue weighted by Gasteiger charge is 2.06. The number of hydrogen-bond donors (Lipinski definition) is 1. The molecule has 0 saturated carbocycles. The van der Waals surface area contributed by atoms with Crippen LogP contribution in [0.2, 0.25) is 0 Å². The van der Waals surface area contributed by atoms with Gasteiger partial charge in [0.15, 0.2) is 0 Å². The molecule has 0 fully saturated rings. The van der Waals surface area contributed by atoms with Crippen LogP contribution in [0, 0.1) is 0 Å². The van der Waals surface area contributed by atoms with Gasteiger partial charge in [-0.05, 0) is 38.0 Å². The fraction of sp³-hybridized carbons (Fsp3) is 0.467. The molecule has 1 unspecified atom stereocenters. The zero-order chi connectivity index (χ0) is 15.7. The first-order valence-corrected chi connectivity index (χ1v) is 10.2. The first kappa shape index (κ1) is 18.8. The second kappa shape index (κ2) is 10.5. The summed E-state index contributed by atoms with van der Waals surface area (Å²) in [4.78, 5) is 1.25. The van der Waals surface area contributed by atoms with Gasteiger partial charge in [0.1, 0.15) is 0 Å². The molecule has 21 heavy (non-hydrogen) atoms. The zero-order valence-corrected chi connectivity index (χ0v) is 16.1. The molecular weight excluding hydrogens is 369 g/mol. The monoisotopic (exact) mass is 391 g/mol. The van der Waals surface area contributed by atoms with Gasteiger partial charge >= 0.3 is 0 Å². The first-order valence-electron chi connectivity index (χ1n) is 7.07. The summed E-state index contributed by atoms with van der Waals surface area (Å²) in [5, 5.41) is 2.99. The van der Waals surface area contributed by atoms with Gasteiger partial charge in [-0.15, -0.1) is 11.8 Å². The molecule has 0 spiro atoms. The number of halogens is 1. The topological polar surface area (TPSA) is 38.3 Å². The number of benzene rings is 1. The lowest BCUT2D eigenvalue weighted by atomic mass is 10.2. The van der Waals surface area contributed by atoms with Crippen LogP contribution in [-0.4, -0.2) is 6.61 Å². The van der Waals surface area contributed by atoms with E-state index in [4.69, 9.17) is 4.52 Å². The quantitative estimate of drug-likeness (QED) is 0.545. The Hall–Kier alpha value is -0.220. The van der Waals surface area contributed by atoms with Crippen molar-refractivity contribution in [3.05, 3.63) is 44.9 Å². The second-order valence-corrected chi connectivity index (χ2v) is 7.66. The highest BCUT2D eigenvalue weighted by molar-refractivity contribution is 9.10. The van der Waals surface area contributed by atoms with Gasteiger partial charge in [0.2, 0.25) is 0 Å². The van der Waals surface area contributed by atoms with E-state index < -0.39 is 8.18 Å². The Labute approximate surface area is 141 Å². The maximum atomic E-state index is 11.7. The van der Waals surface area contributed by atoms with Gasteiger partial charge in [0, 0.05) is 20.8 Å². The summed E-state index contributed by atoms with van der Waals surface area (Å²) < 4.78 is 17.9. The van der Waals surface area contributed by atoms with Crippen molar-refractivity contribution in [2.45, 2.75) is 39.4 Å². The Morgan fingerprint density at radius 3 is 2.57 bits per heavy atom. The molecule has 1 atom stereocenters. The van der Waals surface area contributed by atoms with Crippen LogP contribution in [0.15, 0.2) is 39.3 Å². The molecule has 0 amide bonds. The maximum absolute atomic E-state index is 11.7. The average molecular weight is 392 g/mol. The van der Waals surface area contributed by atoms with Crippen LogP contribution in [0.3, 0.4) is 0 Å². The summed E-state index contributed by atoms with van der Waals surface area (Å²) in [7, 11) is -2.17. The van der Waals surface area contributed by atoms with Crippen molar-refractivity contribution in [2.75, 3.05) is 6.61 Å². The predicted octanol–water partition coefficient (Wildman–Crippen LogP) is 5.73. The van der Waals surface area contributed by atoms with E-state index in [-0.39, 0.29) is 0 Å². The molecule has 0 aromatic heterocycles. The fourth-order valence-corrected chi connectivity index (χ4v) is 4.03. The normalized spacial score (nSPS) is 13.7. The van der Waals surface area contributed by atoms with E-state index in [1.54, 1.807) is 11.8 Å². The van der Waals surface area contributed by atoms with Crippen molar-refractivity contribution < 1.29 is 9.09 Å². The number of thioether (sulfide) groups is 1. The van der Waals surface area contributed by atoms with Gasteiger partial charge < -0.3 is 9.61 Å². The summed E-state index contributed by atoms with van der Waals surface area (Å²) in [6, 6.07) is 8.34. The molecule has 1 N–H and O–H groups in total.